The summed E-state index contributed by atoms with van der Waals surface area (Å²) in [7, 11) is 0. The van der Waals surface area contributed by atoms with Gasteiger partial charge in [0.1, 0.15) is 6.61 Å². The van der Waals surface area contributed by atoms with Gasteiger partial charge in [-0.1, -0.05) is 12.1 Å². The first-order valence-electron chi connectivity index (χ1n) is 4.37. The lowest BCUT2D eigenvalue weighted by molar-refractivity contribution is -0.131. The minimum absolute atomic E-state index is 0.0627. The van der Waals surface area contributed by atoms with Crippen molar-refractivity contribution < 1.29 is 19.0 Å². The van der Waals surface area contributed by atoms with E-state index < -0.39 is 11.8 Å². The monoisotopic (exact) mass is 210 g/mol. The van der Waals surface area contributed by atoms with Gasteiger partial charge in [0.2, 0.25) is 0 Å². The molecule has 0 aliphatic heterocycles. The fraction of sp³-hybridized carbons (Fsp3) is 0.182. The molecule has 0 fully saturated rings. The third-order valence-corrected chi connectivity index (χ3v) is 1.66. The van der Waals surface area contributed by atoms with Crippen molar-refractivity contribution in [3.8, 4) is 5.75 Å². The van der Waals surface area contributed by atoms with Gasteiger partial charge in [-0.25, -0.2) is 9.18 Å². The zero-order valence-corrected chi connectivity index (χ0v) is 8.24. The third kappa shape index (κ3) is 3.81. The predicted octanol–water partition coefficient (Wildman–Crippen LogP) is 2.24. The van der Waals surface area contributed by atoms with E-state index >= 15 is 0 Å². The Morgan fingerprint density at radius 2 is 2.20 bits per heavy atom. The molecule has 1 aromatic rings. The number of hydrogen-bond acceptors (Lipinski definition) is 2. The van der Waals surface area contributed by atoms with Gasteiger partial charge in [0.05, 0.1) is 0 Å². The fourth-order valence-corrected chi connectivity index (χ4v) is 1.01. The summed E-state index contributed by atoms with van der Waals surface area (Å²) in [6, 6.07) is 5.98. The minimum Gasteiger partial charge on any atom is -0.486 e. The van der Waals surface area contributed by atoms with Crippen molar-refractivity contribution in [1.82, 2.24) is 0 Å². The maximum absolute atomic E-state index is 13.0. The zero-order valence-electron chi connectivity index (χ0n) is 8.24. The lowest BCUT2D eigenvalue weighted by Crippen LogP contribution is -2.02. The van der Waals surface area contributed by atoms with Crippen molar-refractivity contribution in [2.24, 2.45) is 0 Å². The van der Waals surface area contributed by atoms with Gasteiger partial charge in [-0.05, 0) is 24.6 Å². The van der Waals surface area contributed by atoms with Gasteiger partial charge < -0.3 is 9.84 Å². The highest BCUT2D eigenvalue weighted by Crippen LogP contribution is 2.15. The van der Waals surface area contributed by atoms with Crippen LogP contribution in [0.4, 0.5) is 4.39 Å². The van der Waals surface area contributed by atoms with Crippen molar-refractivity contribution >= 4 is 5.97 Å². The van der Waals surface area contributed by atoms with Crippen LogP contribution in [0, 0.1) is 5.82 Å². The van der Waals surface area contributed by atoms with Crippen LogP contribution in [0.1, 0.15) is 6.92 Å². The number of rotatable bonds is 4. The average Bonchev–Trinajstić information content (AvgIpc) is 2.15. The van der Waals surface area contributed by atoms with Crippen LogP contribution in [0.25, 0.3) is 0 Å². The van der Waals surface area contributed by atoms with Crippen molar-refractivity contribution in [3.05, 3.63) is 41.7 Å². The number of hydrogen-bond donors (Lipinski definition) is 1. The van der Waals surface area contributed by atoms with Crippen molar-refractivity contribution in [2.45, 2.75) is 6.92 Å². The van der Waals surface area contributed by atoms with E-state index in [1.807, 2.05) is 0 Å². The van der Waals surface area contributed by atoms with Gasteiger partial charge >= 0.3 is 5.97 Å². The maximum Gasteiger partial charge on any atom is 0.328 e. The Hall–Kier alpha value is -1.84. The van der Waals surface area contributed by atoms with E-state index in [9.17, 15) is 9.18 Å². The average molecular weight is 210 g/mol. The Kier molecular flexibility index (Phi) is 3.85. The lowest BCUT2D eigenvalue weighted by Gasteiger charge is -2.06. The lowest BCUT2D eigenvalue weighted by atomic mass is 10.3. The molecule has 0 bridgehead atoms. The summed E-state index contributed by atoms with van der Waals surface area (Å²) in [5, 5.41) is 8.43. The van der Waals surface area contributed by atoms with Crippen LogP contribution in [0.3, 0.4) is 0 Å². The minimum atomic E-state index is -1.04. The number of benzene rings is 1. The molecule has 0 spiro atoms. The Bertz CT molecular complexity index is 385. The normalized spacial score (nSPS) is 11.2. The van der Waals surface area contributed by atoms with Crippen LogP contribution in [0.5, 0.6) is 5.75 Å². The molecule has 1 rings (SSSR count). The Morgan fingerprint density at radius 3 is 2.80 bits per heavy atom. The van der Waals surface area contributed by atoms with E-state index in [4.69, 9.17) is 9.84 Å². The van der Waals surface area contributed by atoms with Crippen LogP contribution in [0.15, 0.2) is 35.9 Å². The summed E-state index contributed by atoms with van der Waals surface area (Å²) in [5.74, 6) is -1.37. The number of ether oxygens (including phenoxy) is 1. The molecule has 0 aliphatic rings. The summed E-state index contributed by atoms with van der Waals surface area (Å²) in [5.41, 5.74) is 0.519. The molecule has 0 radical (unpaired) electrons. The summed E-state index contributed by atoms with van der Waals surface area (Å²) < 4.78 is 18.1. The van der Waals surface area contributed by atoms with Gasteiger partial charge in [0.25, 0.3) is 0 Å². The molecule has 0 saturated carbocycles. The maximum atomic E-state index is 13.0. The van der Waals surface area contributed by atoms with Crippen LogP contribution >= 0.6 is 0 Å². The summed E-state index contributed by atoms with van der Waals surface area (Å²) in [4.78, 5) is 10.3. The molecule has 0 atom stereocenters. The molecule has 0 aromatic heterocycles. The van der Waals surface area contributed by atoms with Gasteiger partial charge in [-0.3, -0.25) is 0 Å². The fourth-order valence-electron chi connectivity index (χ4n) is 1.01. The van der Waals surface area contributed by atoms with Crippen LogP contribution in [-0.2, 0) is 4.79 Å². The van der Waals surface area contributed by atoms with Crippen molar-refractivity contribution in [2.75, 3.05) is 6.61 Å². The molecule has 80 valence electrons. The number of carboxylic acid groups (broad SMARTS) is 1. The number of halogens is 1. The molecule has 15 heavy (non-hydrogen) atoms. The second kappa shape index (κ2) is 5.14. The van der Waals surface area contributed by atoms with E-state index in [2.05, 4.69) is 0 Å². The second-order valence-electron chi connectivity index (χ2n) is 3.05. The van der Waals surface area contributed by atoms with Crippen LogP contribution in [0.2, 0.25) is 0 Å². The van der Waals surface area contributed by atoms with E-state index in [-0.39, 0.29) is 12.4 Å². The third-order valence-electron chi connectivity index (χ3n) is 1.66. The topological polar surface area (TPSA) is 46.5 Å². The first kappa shape index (κ1) is 11.2. The molecule has 4 heteroatoms. The van der Waals surface area contributed by atoms with Gasteiger partial charge in [0.15, 0.2) is 11.6 Å². The van der Waals surface area contributed by atoms with Gasteiger partial charge in [0, 0.05) is 6.08 Å². The summed E-state index contributed by atoms with van der Waals surface area (Å²) in [6.07, 6.45) is 1.03. The SMILES string of the molecule is C/C(=C\C(=O)O)COc1ccccc1F. The van der Waals surface area contributed by atoms with Gasteiger partial charge in [-0.15, -0.1) is 0 Å². The van der Waals surface area contributed by atoms with Crippen LogP contribution < -0.4 is 4.74 Å². The molecule has 0 saturated heterocycles. The Morgan fingerprint density at radius 1 is 1.53 bits per heavy atom. The quantitative estimate of drug-likeness (QED) is 0.775. The molecular weight excluding hydrogens is 199 g/mol. The number of para-hydroxylation sites is 1. The highest BCUT2D eigenvalue weighted by atomic mass is 19.1. The van der Waals surface area contributed by atoms with E-state index in [0.29, 0.717) is 5.57 Å². The van der Waals surface area contributed by atoms with Gasteiger partial charge in [-0.2, -0.15) is 0 Å². The highest BCUT2D eigenvalue weighted by molar-refractivity contribution is 5.80. The standard InChI is InChI=1S/C11H11FO3/c1-8(6-11(13)14)7-15-10-5-3-2-4-9(10)12/h2-6H,7H2,1H3,(H,13,14)/b8-6+. The summed E-state index contributed by atoms with van der Waals surface area (Å²) in [6.45, 7) is 1.67. The molecule has 0 heterocycles. The van der Waals surface area contributed by atoms with Crippen molar-refractivity contribution in [1.29, 1.82) is 0 Å². The van der Waals surface area contributed by atoms with Crippen molar-refractivity contribution in [3.63, 3.8) is 0 Å². The molecular formula is C11H11FO3. The van der Waals surface area contributed by atoms with E-state index in [0.717, 1.165) is 6.08 Å². The number of aliphatic carboxylic acids is 1. The summed E-state index contributed by atoms with van der Waals surface area (Å²) >= 11 is 0. The molecule has 1 aromatic carbocycles. The first-order chi connectivity index (χ1) is 7.09. The van der Waals surface area contributed by atoms with Crippen LogP contribution in [-0.4, -0.2) is 17.7 Å². The molecule has 0 aliphatic carbocycles. The molecule has 1 N–H and O–H groups in total. The Labute approximate surface area is 86.8 Å². The number of carboxylic acids is 1. The second-order valence-corrected chi connectivity index (χ2v) is 3.05. The molecule has 0 amide bonds. The van der Waals surface area contributed by atoms with E-state index in [1.54, 1.807) is 19.1 Å². The smallest absolute Gasteiger partial charge is 0.328 e. The first-order valence-corrected chi connectivity index (χ1v) is 4.37. The number of carbonyl (C=O) groups is 1. The molecule has 0 unspecified atom stereocenters. The largest absolute Gasteiger partial charge is 0.486 e. The Balaban J connectivity index is 2.58. The highest BCUT2D eigenvalue weighted by Gasteiger charge is 2.01. The predicted molar refractivity (Wildman–Crippen MR) is 53.3 cm³/mol. The molecule has 3 nitrogen and oxygen atoms in total. The van der Waals surface area contributed by atoms with E-state index in [1.165, 1.54) is 12.1 Å². The zero-order chi connectivity index (χ0) is 11.3.